The van der Waals surface area contributed by atoms with Gasteiger partial charge < -0.3 is 25.4 Å². The molecule has 0 spiro atoms. The van der Waals surface area contributed by atoms with Crippen LogP contribution in [0.2, 0.25) is 0 Å². The maximum atomic E-state index is 11.9. The minimum absolute atomic E-state index is 0.0258. The molecule has 10 heteroatoms. The summed E-state index contributed by atoms with van der Waals surface area (Å²) in [6.07, 6.45) is -3.80. The van der Waals surface area contributed by atoms with Crippen LogP contribution in [-0.4, -0.2) is 75.9 Å². The van der Waals surface area contributed by atoms with Crippen LogP contribution in [0.15, 0.2) is 15.0 Å². The number of aliphatic hydroxyl groups excluding tert-OH is 3. The number of fused-ring (bicyclic) bond motifs is 1. The Morgan fingerprint density at radius 3 is 2.85 bits per heavy atom. The molecule has 0 saturated carbocycles. The van der Waals surface area contributed by atoms with Gasteiger partial charge in [-0.15, -0.1) is 0 Å². The van der Waals surface area contributed by atoms with E-state index in [4.69, 9.17) is 15.6 Å². The molecule has 0 aromatic rings. The average Bonchev–Trinajstić information content (AvgIpc) is 2.96. The van der Waals surface area contributed by atoms with E-state index in [1.54, 1.807) is 0 Å². The molecule has 1 amide bonds. The summed E-state index contributed by atoms with van der Waals surface area (Å²) in [6.45, 7) is -0.500. The summed E-state index contributed by atoms with van der Waals surface area (Å²) in [6, 6.07) is 0. The molecule has 0 bridgehead atoms. The number of amidine groups is 1. The first kappa shape index (κ1) is 13.3. The van der Waals surface area contributed by atoms with Gasteiger partial charge in [-0.3, -0.25) is 10.5 Å². The number of hydrogen-bond acceptors (Lipinski definition) is 9. The number of aliphatic hydroxyl groups is 3. The lowest BCUT2D eigenvalue weighted by molar-refractivity contribution is -0.121. The fourth-order valence-electron chi connectivity index (χ4n) is 2.34. The first-order valence-electron chi connectivity index (χ1n) is 5.90. The van der Waals surface area contributed by atoms with E-state index in [1.165, 1.54) is 0 Å². The number of amides is 1. The van der Waals surface area contributed by atoms with Crippen molar-refractivity contribution >= 4 is 23.8 Å². The average molecular weight is 283 g/mol. The molecule has 3 aliphatic heterocycles. The Balaban J connectivity index is 1.94. The third kappa shape index (κ3) is 1.77. The molecule has 10 nitrogen and oxygen atoms in total. The highest BCUT2D eigenvalue weighted by Crippen LogP contribution is 2.29. The molecule has 6 N–H and O–H groups in total. The van der Waals surface area contributed by atoms with Gasteiger partial charge in [0.15, 0.2) is 11.5 Å². The van der Waals surface area contributed by atoms with Gasteiger partial charge in [-0.05, 0) is 0 Å². The summed E-state index contributed by atoms with van der Waals surface area (Å²) >= 11 is 0. The quantitative estimate of drug-likeness (QED) is 0.348. The van der Waals surface area contributed by atoms with Gasteiger partial charge in [0.25, 0.3) is 5.91 Å². The maximum Gasteiger partial charge on any atom is 0.276 e. The molecule has 0 aromatic carbocycles. The van der Waals surface area contributed by atoms with E-state index >= 15 is 0 Å². The summed E-state index contributed by atoms with van der Waals surface area (Å²) in [5, 5.41) is 31.1. The van der Waals surface area contributed by atoms with Crippen molar-refractivity contribution in [1.82, 2.24) is 5.32 Å². The molecular weight excluding hydrogens is 270 g/mol. The smallest absolute Gasteiger partial charge is 0.276 e. The van der Waals surface area contributed by atoms with Gasteiger partial charge >= 0.3 is 0 Å². The molecule has 5 atom stereocenters. The Morgan fingerprint density at radius 2 is 2.20 bits per heavy atom. The van der Waals surface area contributed by atoms with Crippen LogP contribution in [0.5, 0.6) is 0 Å². The Bertz CT molecular complexity index is 546. The van der Waals surface area contributed by atoms with Gasteiger partial charge in [0.2, 0.25) is 5.79 Å². The van der Waals surface area contributed by atoms with E-state index in [9.17, 15) is 15.0 Å². The van der Waals surface area contributed by atoms with Crippen molar-refractivity contribution in [2.24, 2.45) is 20.7 Å². The van der Waals surface area contributed by atoms with Crippen LogP contribution in [-0.2, 0) is 9.53 Å². The molecule has 1 unspecified atom stereocenters. The van der Waals surface area contributed by atoms with E-state index in [0.717, 1.165) is 6.34 Å². The molecule has 0 aliphatic carbocycles. The second-order valence-corrected chi connectivity index (χ2v) is 4.70. The van der Waals surface area contributed by atoms with Crippen molar-refractivity contribution in [3.05, 3.63) is 0 Å². The summed E-state index contributed by atoms with van der Waals surface area (Å²) < 4.78 is 5.29. The normalized spacial score (nSPS) is 43.1. The second kappa shape index (κ2) is 4.40. The summed E-state index contributed by atoms with van der Waals surface area (Å²) in [5.74, 6) is -2.36. The number of carbonyl (C=O) groups excluding carboxylic acids is 1. The van der Waals surface area contributed by atoms with Gasteiger partial charge in [-0.2, -0.15) is 0 Å². The molecule has 1 saturated heterocycles. The van der Waals surface area contributed by atoms with E-state index < -0.39 is 42.7 Å². The third-order valence-electron chi connectivity index (χ3n) is 3.37. The van der Waals surface area contributed by atoms with E-state index in [2.05, 4.69) is 20.3 Å². The zero-order valence-corrected chi connectivity index (χ0v) is 10.2. The monoisotopic (exact) mass is 283 g/mol. The molecule has 3 rings (SSSR count). The van der Waals surface area contributed by atoms with Crippen LogP contribution in [0.1, 0.15) is 0 Å². The van der Waals surface area contributed by atoms with Crippen LogP contribution < -0.4 is 11.1 Å². The Hall–Kier alpha value is -1.72. The van der Waals surface area contributed by atoms with Gasteiger partial charge in [0.1, 0.15) is 30.8 Å². The van der Waals surface area contributed by atoms with Crippen LogP contribution in [0.25, 0.3) is 0 Å². The van der Waals surface area contributed by atoms with Gasteiger partial charge in [0, 0.05) is 0 Å². The minimum Gasteiger partial charge on any atom is -0.394 e. The first-order chi connectivity index (χ1) is 9.46. The zero-order chi connectivity index (χ0) is 14.5. The highest BCUT2D eigenvalue weighted by Gasteiger charge is 2.54. The number of nitrogens with zero attached hydrogens (tertiary/aromatic N) is 3. The zero-order valence-electron chi connectivity index (χ0n) is 10.2. The number of rotatable bonds is 2. The Labute approximate surface area is 112 Å². The number of nitrogens with two attached hydrogens (primary N) is 1. The highest BCUT2D eigenvalue weighted by molar-refractivity contribution is 6.69. The van der Waals surface area contributed by atoms with Gasteiger partial charge in [-0.25, -0.2) is 15.0 Å². The second-order valence-electron chi connectivity index (χ2n) is 4.70. The number of carbonyl (C=O) groups is 1. The predicted molar refractivity (Wildman–Crippen MR) is 66.2 cm³/mol. The lowest BCUT2D eigenvalue weighted by Gasteiger charge is -2.35. The van der Waals surface area contributed by atoms with Crippen molar-refractivity contribution in [2.75, 3.05) is 6.61 Å². The van der Waals surface area contributed by atoms with Gasteiger partial charge in [0.05, 0.1) is 6.61 Å². The van der Waals surface area contributed by atoms with E-state index in [0.29, 0.717) is 0 Å². The Kier molecular flexibility index (Phi) is 2.92. The number of nitrogens with one attached hydrogen (secondary N) is 1. The van der Waals surface area contributed by atoms with Gasteiger partial charge in [-0.1, -0.05) is 0 Å². The van der Waals surface area contributed by atoms with E-state index in [1.807, 2.05) is 0 Å². The molecule has 3 aliphatic rings. The number of hydrogen-bond donors (Lipinski definition) is 5. The third-order valence-corrected chi connectivity index (χ3v) is 3.37. The van der Waals surface area contributed by atoms with Crippen LogP contribution >= 0.6 is 0 Å². The molecule has 108 valence electrons. The van der Waals surface area contributed by atoms with Crippen molar-refractivity contribution in [3.63, 3.8) is 0 Å². The topological polar surface area (TPSA) is 162 Å². The number of aliphatic imine (C=N–C) groups is 3. The Morgan fingerprint density at radius 1 is 1.45 bits per heavy atom. The molecule has 0 radical (unpaired) electrons. The molecular formula is C10H13N5O5. The lowest BCUT2D eigenvalue weighted by Crippen LogP contribution is -2.69. The number of ether oxygens (including phenoxy) is 1. The van der Waals surface area contributed by atoms with Crippen LogP contribution in [0, 0.1) is 0 Å². The van der Waals surface area contributed by atoms with Crippen molar-refractivity contribution in [3.8, 4) is 0 Å². The minimum atomic E-state index is -1.79. The summed E-state index contributed by atoms with van der Waals surface area (Å²) in [7, 11) is 0. The van der Waals surface area contributed by atoms with Crippen LogP contribution in [0.4, 0.5) is 0 Å². The molecule has 1 fully saturated rings. The van der Waals surface area contributed by atoms with Crippen molar-refractivity contribution < 1.29 is 24.9 Å². The SMILES string of the molecule is NC1([C@@H]2O[C@H](CO)[C@@H](O)[C@@H]2O)N=C2N=CN=C2C(=O)N1. The first-order valence-corrected chi connectivity index (χ1v) is 5.90. The fraction of sp³-hybridized carbons (Fsp3) is 0.600. The fourth-order valence-corrected chi connectivity index (χ4v) is 2.34. The van der Waals surface area contributed by atoms with Crippen molar-refractivity contribution in [2.45, 2.75) is 30.2 Å². The highest BCUT2D eigenvalue weighted by atomic mass is 16.6. The van der Waals surface area contributed by atoms with Crippen molar-refractivity contribution in [1.29, 1.82) is 0 Å². The lowest BCUT2D eigenvalue weighted by atomic mass is 10.0. The summed E-state index contributed by atoms with van der Waals surface area (Å²) in [5.41, 5.74) is 5.98. The van der Waals surface area contributed by atoms with Crippen LogP contribution in [0.3, 0.4) is 0 Å². The largest absolute Gasteiger partial charge is 0.394 e. The summed E-state index contributed by atoms with van der Waals surface area (Å²) in [4.78, 5) is 23.4. The predicted octanol–water partition coefficient (Wildman–Crippen LogP) is -3.91. The molecule has 3 heterocycles. The molecule has 0 aromatic heterocycles. The standard InChI is InChI=1S/C10H13N5O5/c11-10(7-6(18)5(17)3(1-16)20-7)14-8-4(9(19)15-10)12-2-13-8/h2-3,5-7,16-18H,1,11H2,(H,15,19)/t3-,5-,6+,7-,10?/m1/s1. The van der Waals surface area contributed by atoms with E-state index in [-0.39, 0.29) is 11.5 Å². The maximum absolute atomic E-state index is 11.9. The molecule has 20 heavy (non-hydrogen) atoms.